The highest BCUT2D eigenvalue weighted by Crippen LogP contribution is 2.27. The summed E-state index contributed by atoms with van der Waals surface area (Å²) in [6, 6.07) is 2.40. The molecule has 1 N–H and O–H groups in total. The summed E-state index contributed by atoms with van der Waals surface area (Å²) >= 11 is 6.97. The quantitative estimate of drug-likeness (QED) is 0.935. The van der Waals surface area contributed by atoms with Crippen LogP contribution in [0.5, 0.6) is 0 Å². The highest BCUT2D eigenvalue weighted by atomic mass is 79.9. The molecule has 0 fully saturated rings. The van der Waals surface area contributed by atoms with Crippen molar-refractivity contribution in [2.75, 3.05) is 7.05 Å². The Morgan fingerprint density at radius 1 is 1.60 bits per heavy atom. The lowest BCUT2D eigenvalue weighted by atomic mass is 10.1. The maximum absolute atomic E-state index is 4.34. The number of thiophene rings is 1. The van der Waals surface area contributed by atoms with Crippen LogP contribution in [0.3, 0.4) is 0 Å². The maximum Gasteiger partial charge on any atom is 0.0795 e. The van der Waals surface area contributed by atoms with E-state index < -0.39 is 0 Å². The zero-order valence-electron chi connectivity index (χ0n) is 8.24. The Kier molecular flexibility index (Phi) is 3.91. The van der Waals surface area contributed by atoms with E-state index in [1.807, 2.05) is 12.6 Å². The van der Waals surface area contributed by atoms with Gasteiger partial charge in [-0.05, 0) is 34.4 Å². The van der Waals surface area contributed by atoms with Crippen LogP contribution in [0.15, 0.2) is 26.8 Å². The van der Waals surface area contributed by atoms with Gasteiger partial charge >= 0.3 is 0 Å². The molecule has 2 heterocycles. The summed E-state index contributed by atoms with van der Waals surface area (Å²) in [7, 11) is 1.98. The first kappa shape index (κ1) is 11.3. The van der Waals surface area contributed by atoms with E-state index in [1.54, 1.807) is 22.7 Å². The molecule has 0 aliphatic heterocycles. The second-order valence-corrected chi connectivity index (χ2v) is 5.72. The van der Waals surface area contributed by atoms with Crippen LogP contribution in [-0.4, -0.2) is 12.0 Å². The van der Waals surface area contributed by atoms with E-state index in [-0.39, 0.29) is 0 Å². The van der Waals surface area contributed by atoms with Gasteiger partial charge in [0, 0.05) is 21.2 Å². The highest BCUT2D eigenvalue weighted by Gasteiger charge is 2.14. The number of halogens is 1. The lowest BCUT2D eigenvalue weighted by Gasteiger charge is -2.12. The van der Waals surface area contributed by atoms with Gasteiger partial charge in [-0.15, -0.1) is 22.7 Å². The van der Waals surface area contributed by atoms with Crippen LogP contribution in [-0.2, 0) is 6.42 Å². The van der Waals surface area contributed by atoms with Crippen molar-refractivity contribution in [2.45, 2.75) is 12.5 Å². The number of nitrogens with zero attached hydrogens (tertiary/aromatic N) is 1. The molecule has 1 atom stereocenters. The molecule has 2 rings (SSSR count). The standard InChI is InChI=1S/C10H11BrN2S2/c1-12-8(9-5-14-6-13-9)4-10-7(11)2-3-15-10/h2-3,5-6,8,12H,4H2,1H3. The smallest absolute Gasteiger partial charge is 0.0795 e. The van der Waals surface area contributed by atoms with E-state index in [0.717, 1.165) is 12.1 Å². The lowest BCUT2D eigenvalue weighted by molar-refractivity contribution is 0.582. The van der Waals surface area contributed by atoms with E-state index in [0.29, 0.717) is 6.04 Å². The second-order valence-electron chi connectivity index (χ2n) is 3.15. The molecular weight excluding hydrogens is 292 g/mol. The summed E-state index contributed by atoms with van der Waals surface area (Å²) in [5, 5.41) is 7.50. The Balaban J connectivity index is 2.13. The van der Waals surface area contributed by atoms with Gasteiger partial charge in [0.1, 0.15) is 0 Å². The molecule has 2 aromatic rings. The Morgan fingerprint density at radius 2 is 2.47 bits per heavy atom. The summed E-state index contributed by atoms with van der Waals surface area (Å²) in [5.74, 6) is 0. The van der Waals surface area contributed by atoms with Crippen molar-refractivity contribution in [2.24, 2.45) is 0 Å². The fourth-order valence-electron chi connectivity index (χ4n) is 1.40. The molecule has 15 heavy (non-hydrogen) atoms. The van der Waals surface area contributed by atoms with Crippen molar-refractivity contribution in [3.8, 4) is 0 Å². The topological polar surface area (TPSA) is 24.9 Å². The van der Waals surface area contributed by atoms with Gasteiger partial charge < -0.3 is 5.32 Å². The molecule has 0 radical (unpaired) electrons. The highest BCUT2D eigenvalue weighted by molar-refractivity contribution is 9.10. The van der Waals surface area contributed by atoms with Crippen LogP contribution in [0, 0.1) is 0 Å². The van der Waals surface area contributed by atoms with Crippen LogP contribution in [0.1, 0.15) is 16.6 Å². The summed E-state index contributed by atoms with van der Waals surface area (Å²) in [6.45, 7) is 0. The number of hydrogen-bond acceptors (Lipinski definition) is 4. The predicted octanol–water partition coefficient (Wildman–Crippen LogP) is 3.47. The normalized spacial score (nSPS) is 12.9. The number of thiazole rings is 1. The minimum absolute atomic E-state index is 0.311. The van der Waals surface area contributed by atoms with Gasteiger partial charge in [0.05, 0.1) is 17.2 Å². The van der Waals surface area contributed by atoms with Crippen LogP contribution in [0.4, 0.5) is 0 Å². The lowest BCUT2D eigenvalue weighted by Crippen LogP contribution is -2.18. The van der Waals surface area contributed by atoms with E-state index in [2.05, 4.69) is 43.1 Å². The molecule has 5 heteroatoms. The first-order valence-corrected chi connectivity index (χ1v) is 7.20. The van der Waals surface area contributed by atoms with E-state index in [9.17, 15) is 0 Å². The van der Waals surface area contributed by atoms with Crippen molar-refractivity contribution in [3.63, 3.8) is 0 Å². The van der Waals surface area contributed by atoms with Gasteiger partial charge in [0.25, 0.3) is 0 Å². The van der Waals surface area contributed by atoms with Crippen LogP contribution in [0.25, 0.3) is 0 Å². The number of hydrogen-bond donors (Lipinski definition) is 1. The van der Waals surface area contributed by atoms with Crippen LogP contribution < -0.4 is 5.32 Å². The van der Waals surface area contributed by atoms with Crippen molar-refractivity contribution in [3.05, 3.63) is 37.4 Å². The molecule has 0 aliphatic carbocycles. The Morgan fingerprint density at radius 3 is 3.00 bits per heavy atom. The SMILES string of the molecule is CNC(Cc1sccc1Br)c1cscn1. The van der Waals surface area contributed by atoms with E-state index >= 15 is 0 Å². The van der Waals surface area contributed by atoms with Crippen molar-refractivity contribution >= 4 is 38.6 Å². The molecule has 0 aromatic carbocycles. The largest absolute Gasteiger partial charge is 0.311 e. The Hall–Kier alpha value is -0.230. The third-order valence-corrected chi connectivity index (χ3v) is 4.79. The summed E-state index contributed by atoms with van der Waals surface area (Å²) in [4.78, 5) is 5.71. The Bertz CT molecular complexity index is 411. The third kappa shape index (κ3) is 2.66. The third-order valence-electron chi connectivity index (χ3n) is 2.24. The summed E-state index contributed by atoms with van der Waals surface area (Å²) < 4.78 is 1.20. The first-order valence-electron chi connectivity index (χ1n) is 4.58. The second kappa shape index (κ2) is 5.21. The van der Waals surface area contributed by atoms with Gasteiger partial charge in [0.15, 0.2) is 0 Å². The van der Waals surface area contributed by atoms with Gasteiger partial charge in [-0.25, -0.2) is 4.98 Å². The van der Waals surface area contributed by atoms with Crippen molar-refractivity contribution < 1.29 is 0 Å². The van der Waals surface area contributed by atoms with E-state index in [4.69, 9.17) is 0 Å². The zero-order chi connectivity index (χ0) is 10.7. The number of likely N-dealkylation sites (N-methyl/N-ethyl adjacent to an activating group) is 1. The average molecular weight is 303 g/mol. The molecule has 0 spiro atoms. The summed E-state index contributed by atoms with van der Waals surface area (Å²) in [5.41, 5.74) is 3.01. The summed E-state index contributed by atoms with van der Waals surface area (Å²) in [6.07, 6.45) is 0.985. The average Bonchev–Trinajstić information content (AvgIpc) is 2.86. The van der Waals surface area contributed by atoms with Gasteiger partial charge in [0.2, 0.25) is 0 Å². The van der Waals surface area contributed by atoms with Gasteiger partial charge in [-0.3, -0.25) is 0 Å². The maximum atomic E-state index is 4.34. The molecule has 0 amide bonds. The van der Waals surface area contributed by atoms with Crippen molar-refractivity contribution in [1.29, 1.82) is 0 Å². The van der Waals surface area contributed by atoms with Crippen LogP contribution >= 0.6 is 38.6 Å². The minimum atomic E-state index is 0.311. The molecule has 2 aromatic heterocycles. The fourth-order valence-corrected chi connectivity index (χ4v) is 3.57. The molecule has 80 valence electrons. The molecule has 0 saturated carbocycles. The van der Waals surface area contributed by atoms with Crippen LogP contribution in [0.2, 0.25) is 0 Å². The predicted molar refractivity (Wildman–Crippen MR) is 69.6 cm³/mol. The van der Waals surface area contributed by atoms with Gasteiger partial charge in [-0.1, -0.05) is 0 Å². The molecule has 1 unspecified atom stereocenters. The minimum Gasteiger partial charge on any atom is -0.311 e. The van der Waals surface area contributed by atoms with E-state index in [1.165, 1.54) is 9.35 Å². The van der Waals surface area contributed by atoms with Crippen molar-refractivity contribution in [1.82, 2.24) is 10.3 Å². The Labute approximate surface area is 106 Å². The van der Waals surface area contributed by atoms with Gasteiger partial charge in [-0.2, -0.15) is 0 Å². The molecule has 0 aliphatic rings. The molecular formula is C10H11BrN2S2. The zero-order valence-corrected chi connectivity index (χ0v) is 11.5. The molecule has 2 nitrogen and oxygen atoms in total. The monoisotopic (exact) mass is 302 g/mol. The molecule has 0 bridgehead atoms. The number of rotatable bonds is 4. The molecule has 0 saturated heterocycles. The fraction of sp³-hybridized carbons (Fsp3) is 0.300. The number of nitrogens with one attached hydrogen (secondary N) is 1. The first-order chi connectivity index (χ1) is 7.31. The number of aromatic nitrogens is 1.